The predicted molar refractivity (Wildman–Crippen MR) is 91.4 cm³/mol. The fourth-order valence-corrected chi connectivity index (χ4v) is 2.32. The number of halogens is 1. The third-order valence-corrected chi connectivity index (χ3v) is 3.52. The molecule has 128 valence electrons. The molecule has 0 aliphatic heterocycles. The number of aliphatic carboxylic acids is 1. The van der Waals surface area contributed by atoms with Gasteiger partial charge in [-0.1, -0.05) is 17.7 Å². The zero-order valence-electron chi connectivity index (χ0n) is 13.3. The Bertz CT molecular complexity index is 687. The van der Waals surface area contributed by atoms with E-state index < -0.39 is 5.97 Å². The summed E-state index contributed by atoms with van der Waals surface area (Å²) in [5.41, 5.74) is 0.770. The van der Waals surface area contributed by atoms with E-state index in [1.54, 1.807) is 31.4 Å². The van der Waals surface area contributed by atoms with E-state index in [1.807, 2.05) is 18.2 Å². The summed E-state index contributed by atoms with van der Waals surface area (Å²) >= 11 is 5.96. The van der Waals surface area contributed by atoms with Crippen molar-refractivity contribution in [2.75, 3.05) is 20.3 Å². The molecule has 0 saturated carbocycles. The zero-order chi connectivity index (χ0) is 17.4. The second-order valence-corrected chi connectivity index (χ2v) is 5.46. The smallest absolute Gasteiger partial charge is 0.303 e. The van der Waals surface area contributed by atoms with Crippen LogP contribution < -0.4 is 14.2 Å². The van der Waals surface area contributed by atoms with E-state index >= 15 is 0 Å². The van der Waals surface area contributed by atoms with Crippen LogP contribution in [0.2, 0.25) is 5.02 Å². The van der Waals surface area contributed by atoms with Gasteiger partial charge in [-0.15, -0.1) is 0 Å². The second-order valence-electron chi connectivity index (χ2n) is 5.02. The van der Waals surface area contributed by atoms with Crippen molar-refractivity contribution in [1.29, 1.82) is 0 Å². The molecule has 24 heavy (non-hydrogen) atoms. The van der Waals surface area contributed by atoms with Crippen molar-refractivity contribution in [1.82, 2.24) is 0 Å². The van der Waals surface area contributed by atoms with Crippen LogP contribution in [0.1, 0.15) is 12.0 Å². The maximum absolute atomic E-state index is 10.7. The van der Waals surface area contributed by atoms with Crippen molar-refractivity contribution in [3.05, 3.63) is 53.1 Å². The van der Waals surface area contributed by atoms with E-state index in [1.165, 1.54) is 0 Å². The van der Waals surface area contributed by atoms with Gasteiger partial charge in [0.1, 0.15) is 30.5 Å². The van der Waals surface area contributed by atoms with Crippen molar-refractivity contribution < 1.29 is 24.1 Å². The topological polar surface area (TPSA) is 65.0 Å². The molecule has 0 unspecified atom stereocenters. The van der Waals surface area contributed by atoms with E-state index in [4.69, 9.17) is 30.9 Å². The summed E-state index contributed by atoms with van der Waals surface area (Å²) in [4.78, 5) is 10.7. The summed E-state index contributed by atoms with van der Waals surface area (Å²) in [5.74, 6) is 1.18. The minimum atomic E-state index is -0.859. The molecule has 0 saturated heterocycles. The van der Waals surface area contributed by atoms with Crippen LogP contribution in [0.15, 0.2) is 42.5 Å². The van der Waals surface area contributed by atoms with E-state index in [0.29, 0.717) is 36.2 Å². The predicted octanol–water partition coefficient (Wildman–Crippen LogP) is 3.82. The number of carbonyl (C=O) groups is 1. The van der Waals surface area contributed by atoms with Crippen LogP contribution in [-0.2, 0) is 11.2 Å². The number of carboxylic acid groups (broad SMARTS) is 1. The monoisotopic (exact) mass is 350 g/mol. The Labute approximate surface area is 145 Å². The van der Waals surface area contributed by atoms with Crippen LogP contribution in [0, 0.1) is 0 Å². The summed E-state index contributed by atoms with van der Waals surface area (Å²) < 4.78 is 16.4. The first kappa shape index (κ1) is 17.9. The van der Waals surface area contributed by atoms with Gasteiger partial charge in [-0.3, -0.25) is 4.79 Å². The highest BCUT2D eigenvalue weighted by Gasteiger charge is 2.08. The van der Waals surface area contributed by atoms with Crippen molar-refractivity contribution in [3.63, 3.8) is 0 Å². The molecule has 6 heteroatoms. The molecule has 0 aromatic heterocycles. The quantitative estimate of drug-likeness (QED) is 0.696. The number of hydrogen-bond acceptors (Lipinski definition) is 4. The Morgan fingerprint density at radius 1 is 1.08 bits per heavy atom. The number of aryl methyl sites for hydroxylation is 1. The molecule has 0 heterocycles. The first-order chi connectivity index (χ1) is 11.6. The van der Waals surface area contributed by atoms with Gasteiger partial charge in [0.25, 0.3) is 0 Å². The summed E-state index contributed by atoms with van der Waals surface area (Å²) in [6, 6.07) is 12.5. The molecule has 0 fully saturated rings. The number of hydrogen-bond donors (Lipinski definition) is 1. The zero-order valence-corrected chi connectivity index (χ0v) is 14.1. The molecular formula is C18H19ClO5. The number of carboxylic acids is 1. The van der Waals surface area contributed by atoms with E-state index in [9.17, 15) is 4.79 Å². The van der Waals surface area contributed by atoms with Gasteiger partial charge in [0.2, 0.25) is 0 Å². The van der Waals surface area contributed by atoms with Gasteiger partial charge in [0.15, 0.2) is 0 Å². The fourth-order valence-electron chi connectivity index (χ4n) is 2.13. The van der Waals surface area contributed by atoms with Crippen LogP contribution >= 0.6 is 11.6 Å². The molecule has 1 N–H and O–H groups in total. The lowest BCUT2D eigenvalue weighted by atomic mass is 10.1. The molecule has 0 radical (unpaired) electrons. The molecule has 0 spiro atoms. The molecule has 5 nitrogen and oxygen atoms in total. The Hall–Kier alpha value is -2.40. The average Bonchev–Trinajstić information content (AvgIpc) is 2.58. The van der Waals surface area contributed by atoms with E-state index in [0.717, 1.165) is 11.3 Å². The van der Waals surface area contributed by atoms with Gasteiger partial charge >= 0.3 is 5.97 Å². The highest BCUT2D eigenvalue weighted by Crippen LogP contribution is 2.24. The van der Waals surface area contributed by atoms with E-state index in [2.05, 4.69) is 0 Å². The Kier molecular flexibility index (Phi) is 6.75. The number of ether oxygens (including phenoxy) is 3. The van der Waals surface area contributed by atoms with Gasteiger partial charge in [0.05, 0.1) is 7.11 Å². The van der Waals surface area contributed by atoms with Gasteiger partial charge < -0.3 is 19.3 Å². The van der Waals surface area contributed by atoms with E-state index in [-0.39, 0.29) is 6.42 Å². The summed E-state index contributed by atoms with van der Waals surface area (Å²) in [7, 11) is 1.60. The van der Waals surface area contributed by atoms with Crippen molar-refractivity contribution in [2.45, 2.75) is 12.8 Å². The van der Waals surface area contributed by atoms with Crippen LogP contribution in [0.4, 0.5) is 0 Å². The van der Waals surface area contributed by atoms with Gasteiger partial charge in [-0.05, 0) is 42.3 Å². The van der Waals surface area contributed by atoms with Crippen LogP contribution in [0.5, 0.6) is 17.2 Å². The van der Waals surface area contributed by atoms with Gasteiger partial charge in [-0.2, -0.15) is 0 Å². The fraction of sp³-hybridized carbons (Fsp3) is 0.278. The lowest BCUT2D eigenvalue weighted by molar-refractivity contribution is -0.136. The Morgan fingerprint density at radius 2 is 1.83 bits per heavy atom. The second kappa shape index (κ2) is 9.03. The number of rotatable bonds is 9. The summed E-state index contributed by atoms with van der Waals surface area (Å²) in [5, 5.41) is 9.37. The lowest BCUT2D eigenvalue weighted by Gasteiger charge is -2.12. The molecule has 2 aromatic rings. The number of benzene rings is 2. The third-order valence-electron chi connectivity index (χ3n) is 3.28. The molecule has 2 rings (SSSR count). The first-order valence-electron chi connectivity index (χ1n) is 7.48. The number of methoxy groups -OCH3 is 1. The molecular weight excluding hydrogens is 332 g/mol. The third kappa shape index (κ3) is 5.66. The lowest BCUT2D eigenvalue weighted by Crippen LogP contribution is -2.10. The Morgan fingerprint density at radius 3 is 2.58 bits per heavy atom. The first-order valence-corrected chi connectivity index (χ1v) is 7.86. The molecule has 0 bridgehead atoms. The molecule has 0 aliphatic rings. The molecule has 2 aromatic carbocycles. The largest absolute Gasteiger partial charge is 0.497 e. The van der Waals surface area contributed by atoms with Crippen LogP contribution in [0.25, 0.3) is 0 Å². The van der Waals surface area contributed by atoms with Gasteiger partial charge in [-0.25, -0.2) is 0 Å². The van der Waals surface area contributed by atoms with Crippen molar-refractivity contribution in [3.8, 4) is 17.2 Å². The average molecular weight is 351 g/mol. The maximum atomic E-state index is 10.7. The molecule has 0 aliphatic carbocycles. The molecule has 0 amide bonds. The minimum Gasteiger partial charge on any atom is -0.497 e. The van der Waals surface area contributed by atoms with Crippen molar-refractivity contribution in [2.24, 2.45) is 0 Å². The van der Waals surface area contributed by atoms with Crippen molar-refractivity contribution >= 4 is 17.6 Å². The summed E-state index contributed by atoms with van der Waals surface area (Å²) in [6.45, 7) is 0.688. The highest BCUT2D eigenvalue weighted by atomic mass is 35.5. The minimum absolute atomic E-state index is 0.0248. The standard InChI is InChI=1S/C18H19ClO5/c1-22-15-3-2-4-16(12-15)23-9-10-24-17-7-6-14(19)11-13(17)5-8-18(20)21/h2-4,6-7,11-12H,5,8-10H2,1H3,(H,20,21). The Balaban J connectivity index is 1.88. The normalized spacial score (nSPS) is 10.2. The highest BCUT2D eigenvalue weighted by molar-refractivity contribution is 6.30. The van der Waals surface area contributed by atoms with Gasteiger partial charge in [0, 0.05) is 17.5 Å². The molecule has 0 atom stereocenters. The van der Waals surface area contributed by atoms with Crippen LogP contribution in [0.3, 0.4) is 0 Å². The van der Waals surface area contributed by atoms with Crippen LogP contribution in [-0.4, -0.2) is 31.4 Å². The maximum Gasteiger partial charge on any atom is 0.303 e. The SMILES string of the molecule is COc1cccc(OCCOc2ccc(Cl)cc2CCC(=O)O)c1. The summed E-state index contributed by atoms with van der Waals surface area (Å²) in [6.07, 6.45) is 0.388.